The number of ether oxygens (including phenoxy) is 2. The number of carbonyl (C=O) groups excluding carboxylic acids is 2. The van der Waals surface area contributed by atoms with E-state index in [1.807, 2.05) is 42.5 Å². The van der Waals surface area contributed by atoms with E-state index in [9.17, 15) is 9.59 Å². The number of para-hydroxylation sites is 1. The Morgan fingerprint density at radius 1 is 1.00 bits per heavy atom. The molecule has 8 nitrogen and oxygen atoms in total. The summed E-state index contributed by atoms with van der Waals surface area (Å²) in [6.07, 6.45) is -1.02. The van der Waals surface area contributed by atoms with Gasteiger partial charge in [0.05, 0.1) is 29.6 Å². The number of rotatable bonds is 8. The van der Waals surface area contributed by atoms with Crippen LogP contribution in [-0.2, 0) is 25.6 Å². The van der Waals surface area contributed by atoms with Crippen molar-refractivity contribution in [2.75, 3.05) is 6.61 Å². The molecule has 0 bridgehead atoms. The maximum Gasteiger partial charge on any atom is 0.347 e. The van der Waals surface area contributed by atoms with Crippen molar-refractivity contribution in [1.82, 2.24) is 4.57 Å². The topological polar surface area (TPSA) is 106 Å². The van der Waals surface area contributed by atoms with Gasteiger partial charge in [0.2, 0.25) is 0 Å². The largest absolute Gasteiger partial charge is 0.461 e. The van der Waals surface area contributed by atoms with Crippen LogP contribution >= 0.6 is 0 Å². The molecule has 3 aromatic carbocycles. The highest BCUT2D eigenvalue weighted by Crippen LogP contribution is 2.32. The molecule has 36 heavy (non-hydrogen) atoms. The predicted octanol–water partition coefficient (Wildman–Crippen LogP) is 6.13. The fourth-order valence-corrected chi connectivity index (χ4v) is 3.73. The highest BCUT2D eigenvalue weighted by atomic mass is 16.6. The van der Waals surface area contributed by atoms with Crippen LogP contribution in [0.5, 0.6) is 0 Å². The van der Waals surface area contributed by atoms with E-state index in [-0.39, 0.29) is 12.2 Å². The third kappa shape index (κ3) is 5.31. The minimum Gasteiger partial charge on any atom is -0.461 e. The van der Waals surface area contributed by atoms with Gasteiger partial charge in [-0.25, -0.2) is 9.59 Å². The van der Waals surface area contributed by atoms with E-state index >= 15 is 0 Å². The van der Waals surface area contributed by atoms with Gasteiger partial charge in [-0.1, -0.05) is 24.8 Å². The van der Waals surface area contributed by atoms with Crippen LogP contribution in [0.1, 0.15) is 19.4 Å². The second kappa shape index (κ2) is 10.7. The summed E-state index contributed by atoms with van der Waals surface area (Å²) in [4.78, 5) is 23.9. The summed E-state index contributed by atoms with van der Waals surface area (Å²) in [6.45, 7) is 7.03. The average molecular weight is 481 g/mol. The Morgan fingerprint density at radius 2 is 1.67 bits per heavy atom. The Morgan fingerprint density at radius 3 is 2.39 bits per heavy atom. The van der Waals surface area contributed by atoms with Gasteiger partial charge >= 0.3 is 11.9 Å². The number of carbonyl (C=O) groups is 2. The van der Waals surface area contributed by atoms with E-state index < -0.39 is 18.0 Å². The van der Waals surface area contributed by atoms with Gasteiger partial charge in [-0.3, -0.25) is 0 Å². The van der Waals surface area contributed by atoms with E-state index in [1.54, 1.807) is 24.3 Å². The predicted molar refractivity (Wildman–Crippen MR) is 136 cm³/mol. The zero-order valence-corrected chi connectivity index (χ0v) is 20.0. The third-order valence-electron chi connectivity index (χ3n) is 5.56. The molecular weight excluding hydrogens is 456 g/mol. The number of esters is 2. The van der Waals surface area contributed by atoms with Crippen molar-refractivity contribution in [2.24, 2.45) is 10.2 Å². The number of nitriles is 1. The van der Waals surface area contributed by atoms with Crippen molar-refractivity contribution in [3.8, 4) is 6.07 Å². The first-order valence-corrected chi connectivity index (χ1v) is 11.3. The summed E-state index contributed by atoms with van der Waals surface area (Å²) in [6, 6.07) is 22.7. The lowest BCUT2D eigenvalue weighted by Crippen LogP contribution is -2.27. The molecule has 0 aliphatic carbocycles. The van der Waals surface area contributed by atoms with Crippen molar-refractivity contribution in [1.29, 1.82) is 5.26 Å². The minimum atomic E-state index is -1.02. The number of fused-ring (bicyclic) bond motifs is 3. The molecule has 1 atom stereocenters. The van der Waals surface area contributed by atoms with Gasteiger partial charge in [0.1, 0.15) is 6.61 Å². The number of hydrogen-bond donors (Lipinski definition) is 0. The molecule has 4 aromatic rings. The van der Waals surface area contributed by atoms with Crippen LogP contribution in [0.25, 0.3) is 21.8 Å². The van der Waals surface area contributed by atoms with Crippen molar-refractivity contribution >= 4 is 45.1 Å². The Bertz CT molecular complexity index is 1530. The lowest BCUT2D eigenvalue weighted by molar-refractivity contribution is -0.164. The molecule has 0 N–H and O–H groups in total. The van der Waals surface area contributed by atoms with Crippen LogP contribution in [0, 0.1) is 11.3 Å². The number of nitrogens with zero attached hydrogens (tertiary/aromatic N) is 4. The monoisotopic (exact) mass is 480 g/mol. The molecule has 1 heterocycles. The zero-order chi connectivity index (χ0) is 25.7. The molecule has 1 aromatic heterocycles. The first-order valence-electron chi connectivity index (χ1n) is 11.3. The summed E-state index contributed by atoms with van der Waals surface area (Å²) in [5.41, 5.74) is 4.08. The summed E-state index contributed by atoms with van der Waals surface area (Å²) in [7, 11) is 0. The van der Waals surface area contributed by atoms with Crippen LogP contribution in [-0.4, -0.2) is 29.2 Å². The fraction of sp³-hybridized carbons (Fsp3) is 0.179. The second-order valence-corrected chi connectivity index (χ2v) is 8.22. The van der Waals surface area contributed by atoms with Crippen molar-refractivity contribution in [3.63, 3.8) is 0 Å². The Labute approximate surface area is 208 Å². The quantitative estimate of drug-likeness (QED) is 0.171. The first-order chi connectivity index (χ1) is 17.4. The SMILES string of the molecule is C=C(C)C(=O)O[C@@H](C)C(=O)OCCn1c2ccccc2c2cc(N=Nc3ccc(C#N)cc3)ccc21. The molecule has 8 heteroatoms. The molecule has 0 saturated carbocycles. The van der Waals surface area contributed by atoms with Gasteiger partial charge in [0, 0.05) is 27.4 Å². The molecule has 0 aliphatic heterocycles. The van der Waals surface area contributed by atoms with Gasteiger partial charge in [0.25, 0.3) is 0 Å². The van der Waals surface area contributed by atoms with Crippen LogP contribution in [0.4, 0.5) is 11.4 Å². The van der Waals surface area contributed by atoms with E-state index in [0.29, 0.717) is 23.5 Å². The molecular formula is C28H24N4O4. The van der Waals surface area contributed by atoms with E-state index in [2.05, 4.69) is 27.4 Å². The second-order valence-electron chi connectivity index (χ2n) is 8.22. The maximum atomic E-state index is 12.2. The van der Waals surface area contributed by atoms with Crippen LogP contribution in [0.15, 0.2) is 89.1 Å². The van der Waals surface area contributed by atoms with Gasteiger partial charge in [-0.05, 0) is 62.4 Å². The maximum absolute atomic E-state index is 12.2. The van der Waals surface area contributed by atoms with E-state index in [1.165, 1.54) is 13.8 Å². The Balaban J connectivity index is 1.53. The van der Waals surface area contributed by atoms with Crippen molar-refractivity contribution in [2.45, 2.75) is 26.5 Å². The van der Waals surface area contributed by atoms with Crippen molar-refractivity contribution < 1.29 is 19.1 Å². The van der Waals surface area contributed by atoms with Gasteiger partial charge in [0.15, 0.2) is 6.10 Å². The van der Waals surface area contributed by atoms with Crippen LogP contribution in [0.2, 0.25) is 0 Å². The standard InChI is InChI=1S/C28H24N4O4/c1-18(2)27(33)36-19(3)28(34)35-15-14-32-25-7-5-4-6-23(25)24-16-22(12-13-26(24)32)31-30-21-10-8-20(17-29)9-11-21/h4-13,16,19H,1,14-15H2,2-3H3/t19-/m0/s1. The average Bonchev–Trinajstić information content (AvgIpc) is 3.20. The normalized spacial score (nSPS) is 11.9. The van der Waals surface area contributed by atoms with E-state index in [0.717, 1.165) is 21.8 Å². The van der Waals surface area contributed by atoms with Crippen LogP contribution < -0.4 is 0 Å². The molecule has 180 valence electrons. The zero-order valence-electron chi connectivity index (χ0n) is 20.0. The minimum absolute atomic E-state index is 0.113. The van der Waals surface area contributed by atoms with Crippen molar-refractivity contribution in [3.05, 3.63) is 84.4 Å². The number of benzene rings is 3. The fourth-order valence-electron chi connectivity index (χ4n) is 3.73. The Kier molecular flexibility index (Phi) is 7.21. The highest BCUT2D eigenvalue weighted by molar-refractivity contribution is 6.08. The Hall–Kier alpha value is -4.77. The van der Waals surface area contributed by atoms with E-state index in [4.69, 9.17) is 14.7 Å². The third-order valence-corrected chi connectivity index (χ3v) is 5.56. The molecule has 0 unspecified atom stereocenters. The molecule has 0 fully saturated rings. The lowest BCUT2D eigenvalue weighted by Gasteiger charge is -2.13. The van der Waals surface area contributed by atoms with Crippen LogP contribution in [0.3, 0.4) is 0 Å². The summed E-state index contributed by atoms with van der Waals surface area (Å²) in [5.74, 6) is -1.25. The summed E-state index contributed by atoms with van der Waals surface area (Å²) in [5, 5.41) is 19.6. The summed E-state index contributed by atoms with van der Waals surface area (Å²) < 4.78 is 12.5. The molecule has 0 saturated heterocycles. The molecule has 0 spiro atoms. The molecule has 0 aliphatic rings. The van der Waals surface area contributed by atoms with Gasteiger partial charge < -0.3 is 14.0 Å². The molecule has 4 rings (SSSR count). The smallest absolute Gasteiger partial charge is 0.347 e. The lowest BCUT2D eigenvalue weighted by atomic mass is 10.1. The number of aromatic nitrogens is 1. The summed E-state index contributed by atoms with van der Waals surface area (Å²) >= 11 is 0. The van der Waals surface area contributed by atoms with Gasteiger partial charge in [-0.15, -0.1) is 0 Å². The van der Waals surface area contributed by atoms with Gasteiger partial charge in [-0.2, -0.15) is 15.5 Å². The molecule has 0 radical (unpaired) electrons. The molecule has 0 amide bonds. The first kappa shape index (κ1) is 24.4. The highest BCUT2D eigenvalue weighted by Gasteiger charge is 2.20. The number of azo groups is 1. The number of hydrogen-bond acceptors (Lipinski definition) is 7.